The molecule has 1 aliphatic rings. The summed E-state index contributed by atoms with van der Waals surface area (Å²) < 4.78 is 17.7. The summed E-state index contributed by atoms with van der Waals surface area (Å²) in [6, 6.07) is -1.03. The lowest BCUT2D eigenvalue weighted by atomic mass is 9.99. The van der Waals surface area contributed by atoms with Crippen molar-refractivity contribution in [3.05, 3.63) is 97.2 Å². The van der Waals surface area contributed by atoms with Gasteiger partial charge in [-0.15, -0.1) is 0 Å². The first-order chi connectivity index (χ1) is 43.2. The van der Waals surface area contributed by atoms with Crippen LogP contribution >= 0.6 is 0 Å². The molecule has 1 amide bonds. The highest BCUT2D eigenvalue weighted by molar-refractivity contribution is 5.80. The van der Waals surface area contributed by atoms with Gasteiger partial charge in [-0.1, -0.05) is 298 Å². The van der Waals surface area contributed by atoms with Crippen LogP contribution in [-0.2, 0) is 23.8 Å². The molecular formula is C77H135NO10. The Bertz CT molecular complexity index is 1800. The molecule has 508 valence electrons. The lowest BCUT2D eigenvalue weighted by molar-refractivity contribution is -0.305. The number of hydrogen-bond acceptors (Lipinski definition) is 10. The van der Waals surface area contributed by atoms with E-state index in [1.807, 2.05) is 6.08 Å². The number of esters is 1. The molecule has 0 aliphatic carbocycles. The first-order valence-corrected chi connectivity index (χ1v) is 36.5. The molecule has 11 heteroatoms. The molecular weight excluding hydrogens is 1100 g/mol. The summed E-state index contributed by atoms with van der Waals surface area (Å²) in [5.41, 5.74) is 0. The van der Waals surface area contributed by atoms with Crippen LogP contribution in [0, 0.1) is 0 Å². The minimum absolute atomic E-state index is 0.108. The van der Waals surface area contributed by atoms with Gasteiger partial charge in [0.15, 0.2) is 12.4 Å². The van der Waals surface area contributed by atoms with Crippen LogP contribution in [0.4, 0.5) is 0 Å². The highest BCUT2D eigenvalue weighted by Gasteiger charge is 2.47. The number of rotatable bonds is 62. The molecule has 0 aromatic heterocycles. The fourth-order valence-corrected chi connectivity index (χ4v) is 10.9. The Morgan fingerprint density at radius 2 is 0.784 bits per heavy atom. The number of amides is 1. The van der Waals surface area contributed by atoms with Crippen LogP contribution in [0.25, 0.3) is 0 Å². The molecule has 1 heterocycles. The molecule has 1 aliphatic heterocycles. The molecule has 0 aromatic rings. The highest BCUT2D eigenvalue weighted by atomic mass is 16.7. The monoisotopic (exact) mass is 1230 g/mol. The summed E-state index contributed by atoms with van der Waals surface area (Å²) in [7, 11) is 0. The lowest BCUT2D eigenvalue weighted by Gasteiger charge is -2.41. The zero-order valence-corrected chi connectivity index (χ0v) is 56.6. The van der Waals surface area contributed by atoms with Gasteiger partial charge < -0.3 is 45.1 Å². The zero-order valence-electron chi connectivity index (χ0n) is 56.6. The third-order valence-electron chi connectivity index (χ3n) is 16.7. The molecule has 0 saturated carbocycles. The second kappa shape index (κ2) is 63.7. The van der Waals surface area contributed by atoms with Gasteiger partial charge in [0, 0.05) is 6.42 Å². The molecule has 0 spiro atoms. The van der Waals surface area contributed by atoms with Gasteiger partial charge in [-0.2, -0.15) is 0 Å². The Balaban J connectivity index is 2.58. The number of aliphatic hydroxyl groups is 5. The maximum absolute atomic E-state index is 13.5. The number of aliphatic hydroxyl groups excluding tert-OH is 5. The van der Waals surface area contributed by atoms with Crippen LogP contribution in [0.1, 0.15) is 316 Å². The quantitative estimate of drug-likeness (QED) is 0.0195. The normalized spacial score (nSPS) is 18.8. The van der Waals surface area contributed by atoms with Crippen molar-refractivity contribution < 1.29 is 49.3 Å². The van der Waals surface area contributed by atoms with E-state index in [-0.39, 0.29) is 19.4 Å². The third-order valence-corrected chi connectivity index (χ3v) is 16.7. The predicted octanol–water partition coefficient (Wildman–Crippen LogP) is 19.0. The number of ether oxygens (including phenoxy) is 3. The maximum Gasteiger partial charge on any atom is 0.306 e. The van der Waals surface area contributed by atoms with E-state index in [4.69, 9.17) is 14.2 Å². The van der Waals surface area contributed by atoms with Crippen LogP contribution in [0.15, 0.2) is 97.2 Å². The Morgan fingerprint density at radius 1 is 0.443 bits per heavy atom. The van der Waals surface area contributed by atoms with E-state index < -0.39 is 67.4 Å². The first-order valence-electron chi connectivity index (χ1n) is 36.5. The molecule has 0 aromatic carbocycles. The summed E-state index contributed by atoms with van der Waals surface area (Å²) >= 11 is 0. The second-order valence-corrected chi connectivity index (χ2v) is 25.0. The van der Waals surface area contributed by atoms with Crippen molar-refractivity contribution in [2.45, 2.75) is 365 Å². The van der Waals surface area contributed by atoms with Crippen molar-refractivity contribution in [2.24, 2.45) is 0 Å². The molecule has 6 N–H and O–H groups in total. The fraction of sp³-hybridized carbons (Fsp3) is 0.766. The molecule has 8 unspecified atom stereocenters. The van der Waals surface area contributed by atoms with E-state index in [1.54, 1.807) is 6.08 Å². The van der Waals surface area contributed by atoms with E-state index in [0.29, 0.717) is 12.8 Å². The Hall–Kier alpha value is -3.42. The van der Waals surface area contributed by atoms with Crippen LogP contribution < -0.4 is 5.32 Å². The molecule has 0 bridgehead atoms. The summed E-state index contributed by atoms with van der Waals surface area (Å²) in [6.45, 7) is 5.75. The Kier molecular flexibility index (Phi) is 59.8. The number of hydrogen-bond donors (Lipinski definition) is 6. The molecule has 11 nitrogen and oxygen atoms in total. The SMILES string of the molecule is CCCCC/C=C\C/C=C\C/C=C\C/C=C\CCCCCCCCCC(=O)OC1C(OCC(NC(=O)C(O)CCCCCCCCCCCCC/C=C\C/C=C\C/C=C\CCCCC)C(O)/C=C/CCCCCCCCCCCC)OC(CO)C(O)C1O. The predicted molar refractivity (Wildman–Crippen MR) is 370 cm³/mol. The number of carbonyl (C=O) groups excluding carboxylic acids is 2. The minimum Gasteiger partial charge on any atom is -0.454 e. The van der Waals surface area contributed by atoms with Gasteiger partial charge in [0.1, 0.15) is 24.4 Å². The molecule has 1 rings (SSSR count). The minimum atomic E-state index is -1.62. The van der Waals surface area contributed by atoms with Crippen molar-refractivity contribution in [3.8, 4) is 0 Å². The van der Waals surface area contributed by atoms with Crippen molar-refractivity contribution in [1.29, 1.82) is 0 Å². The highest BCUT2D eigenvalue weighted by Crippen LogP contribution is 2.26. The summed E-state index contributed by atoms with van der Waals surface area (Å²) in [5.74, 6) is -1.20. The first kappa shape index (κ1) is 82.6. The van der Waals surface area contributed by atoms with E-state index in [9.17, 15) is 35.1 Å². The zero-order chi connectivity index (χ0) is 63.9. The van der Waals surface area contributed by atoms with Crippen molar-refractivity contribution in [1.82, 2.24) is 5.32 Å². The van der Waals surface area contributed by atoms with Crippen molar-refractivity contribution in [2.75, 3.05) is 13.2 Å². The number of allylic oxidation sites excluding steroid dienone is 15. The van der Waals surface area contributed by atoms with Crippen molar-refractivity contribution in [3.63, 3.8) is 0 Å². The summed E-state index contributed by atoms with van der Waals surface area (Å²) in [5, 5.41) is 57.3. The number of unbranched alkanes of at least 4 members (excludes halogenated alkanes) is 34. The van der Waals surface area contributed by atoms with Crippen LogP contribution in [-0.4, -0.2) is 99.6 Å². The van der Waals surface area contributed by atoms with Gasteiger partial charge in [0.25, 0.3) is 0 Å². The number of carbonyl (C=O) groups is 2. The van der Waals surface area contributed by atoms with E-state index in [1.165, 1.54) is 148 Å². The maximum atomic E-state index is 13.5. The second-order valence-electron chi connectivity index (χ2n) is 25.0. The summed E-state index contributed by atoms with van der Waals surface area (Å²) in [4.78, 5) is 26.7. The summed E-state index contributed by atoms with van der Waals surface area (Å²) in [6.07, 6.45) is 75.8. The van der Waals surface area contributed by atoms with Crippen LogP contribution in [0.5, 0.6) is 0 Å². The Morgan fingerprint density at radius 3 is 1.19 bits per heavy atom. The molecule has 8 atom stereocenters. The standard InChI is InChI=1S/C77H135NO10/c1-4-7-10-13-16-19-22-25-27-29-31-33-35-37-38-40-42-44-46-49-52-55-58-61-64-70(81)76(85)78-68(69(80)63-60-57-54-51-48-24-21-18-15-12-9-6-3)67-86-77-75(74(84)73(83)71(66-79)87-77)88-72(82)65-62-59-56-53-50-47-45-43-41-39-36-34-32-30-28-26-23-20-17-14-11-8-5-2/h16-17,19-20,25-28,31-34,39,41,60,63,68-71,73-75,77,79-81,83-84H,4-15,18,21-24,29-30,35-38,40,42-59,61-62,64-67H2,1-3H3,(H,78,85)/b19-16-,20-17-,27-25-,28-26-,33-31-,34-32-,41-39-,63-60+. The van der Waals surface area contributed by atoms with Gasteiger partial charge >= 0.3 is 5.97 Å². The van der Waals surface area contributed by atoms with Gasteiger partial charge in [-0.25, -0.2) is 0 Å². The Labute approximate surface area is 539 Å². The van der Waals surface area contributed by atoms with Gasteiger partial charge in [-0.05, 0) is 109 Å². The molecule has 1 saturated heterocycles. The smallest absolute Gasteiger partial charge is 0.306 e. The average molecular weight is 1230 g/mol. The average Bonchev–Trinajstić information content (AvgIpc) is 2.54. The third kappa shape index (κ3) is 50.3. The molecule has 0 radical (unpaired) electrons. The van der Waals surface area contributed by atoms with Crippen LogP contribution in [0.2, 0.25) is 0 Å². The topological polar surface area (TPSA) is 175 Å². The molecule has 88 heavy (non-hydrogen) atoms. The van der Waals surface area contributed by atoms with E-state index >= 15 is 0 Å². The van der Waals surface area contributed by atoms with Gasteiger partial charge in [-0.3, -0.25) is 9.59 Å². The largest absolute Gasteiger partial charge is 0.454 e. The van der Waals surface area contributed by atoms with Gasteiger partial charge in [0.05, 0.1) is 25.4 Å². The number of nitrogens with one attached hydrogen (secondary N) is 1. The van der Waals surface area contributed by atoms with Gasteiger partial charge in [0.2, 0.25) is 5.91 Å². The fourth-order valence-electron chi connectivity index (χ4n) is 10.9. The van der Waals surface area contributed by atoms with Crippen LogP contribution in [0.3, 0.4) is 0 Å². The van der Waals surface area contributed by atoms with Crippen molar-refractivity contribution >= 4 is 11.9 Å². The van der Waals surface area contributed by atoms with E-state index in [0.717, 1.165) is 122 Å². The lowest BCUT2D eigenvalue weighted by Crippen LogP contribution is -2.61. The van der Waals surface area contributed by atoms with E-state index in [2.05, 4.69) is 111 Å². The molecule has 1 fully saturated rings.